The van der Waals surface area contributed by atoms with Crippen LogP contribution in [0.15, 0.2) is 24.3 Å². The first kappa shape index (κ1) is 18.9. The fraction of sp³-hybridized carbons (Fsp3) is 0.250. The summed E-state index contributed by atoms with van der Waals surface area (Å²) in [4.78, 5) is 68.2. The van der Waals surface area contributed by atoms with Crippen molar-refractivity contribution in [2.75, 3.05) is 0 Å². The summed E-state index contributed by atoms with van der Waals surface area (Å²) in [6, 6.07) is 5.19. The molecule has 0 N–H and O–H groups in total. The lowest BCUT2D eigenvalue weighted by molar-refractivity contribution is -0.142. The monoisotopic (exact) mass is 334 g/mol. The average molecular weight is 334 g/mol. The Balaban J connectivity index is 2.91. The van der Waals surface area contributed by atoms with E-state index in [1.165, 1.54) is 24.3 Å². The third kappa shape index (κ3) is 5.91. The first-order chi connectivity index (χ1) is 11.2. The van der Waals surface area contributed by atoms with Crippen LogP contribution in [0, 0.1) is 0 Å². The second-order valence-corrected chi connectivity index (χ2v) is 4.83. The van der Waals surface area contributed by atoms with Crippen LogP contribution in [0.2, 0.25) is 0 Å². The van der Waals surface area contributed by atoms with E-state index in [0.717, 1.165) is 13.8 Å². The molecule has 0 bridgehead atoms. The maximum atomic E-state index is 11.9. The van der Waals surface area contributed by atoms with Crippen molar-refractivity contribution in [2.45, 2.75) is 26.7 Å². The molecule has 0 amide bonds. The van der Waals surface area contributed by atoms with Gasteiger partial charge in [0.1, 0.15) is 24.4 Å². The lowest BCUT2D eigenvalue weighted by atomic mass is 10.1. The fourth-order valence-electron chi connectivity index (χ4n) is 1.63. The Labute approximate surface area is 136 Å². The van der Waals surface area contributed by atoms with Gasteiger partial charge < -0.3 is 9.47 Å². The number of esters is 4. The Morgan fingerprint density at radius 1 is 0.708 bits per heavy atom. The summed E-state index contributed by atoms with van der Waals surface area (Å²) in [7, 11) is 0. The van der Waals surface area contributed by atoms with Crippen LogP contribution in [-0.2, 0) is 28.7 Å². The van der Waals surface area contributed by atoms with Gasteiger partial charge >= 0.3 is 23.9 Å². The zero-order valence-electron chi connectivity index (χ0n) is 13.0. The van der Waals surface area contributed by atoms with Crippen molar-refractivity contribution < 1.29 is 38.2 Å². The summed E-state index contributed by atoms with van der Waals surface area (Å²) in [6.07, 6.45) is -1.18. The Bertz CT molecular complexity index is 656. The van der Waals surface area contributed by atoms with Crippen LogP contribution in [0.5, 0.6) is 0 Å². The summed E-state index contributed by atoms with van der Waals surface area (Å²) in [6.45, 7) is 2.30. The molecular weight excluding hydrogens is 320 g/mol. The van der Waals surface area contributed by atoms with Crippen LogP contribution < -0.4 is 0 Å². The van der Waals surface area contributed by atoms with E-state index in [-0.39, 0.29) is 11.1 Å². The van der Waals surface area contributed by atoms with Gasteiger partial charge in [0.25, 0.3) is 0 Å². The third-order valence-corrected chi connectivity index (χ3v) is 2.57. The number of carbonyl (C=O) groups is 6. The van der Waals surface area contributed by atoms with Crippen molar-refractivity contribution in [3.05, 3.63) is 35.4 Å². The van der Waals surface area contributed by atoms with E-state index >= 15 is 0 Å². The molecule has 1 rings (SSSR count). The average Bonchev–Trinajstić information content (AvgIpc) is 2.45. The zero-order valence-corrected chi connectivity index (χ0v) is 13.0. The minimum absolute atomic E-state index is 0.310. The van der Waals surface area contributed by atoms with Crippen molar-refractivity contribution >= 4 is 35.4 Å². The fourth-order valence-corrected chi connectivity index (χ4v) is 1.63. The van der Waals surface area contributed by atoms with E-state index in [0.29, 0.717) is 0 Å². The van der Waals surface area contributed by atoms with Gasteiger partial charge in [0.05, 0.1) is 11.1 Å². The van der Waals surface area contributed by atoms with Gasteiger partial charge in [-0.3, -0.25) is 19.2 Å². The molecule has 8 nitrogen and oxygen atoms in total. The highest BCUT2D eigenvalue weighted by atomic mass is 16.6. The number of benzene rings is 1. The van der Waals surface area contributed by atoms with Gasteiger partial charge in [-0.2, -0.15) is 0 Å². The molecule has 0 unspecified atom stereocenters. The predicted molar refractivity (Wildman–Crippen MR) is 77.9 cm³/mol. The summed E-state index contributed by atoms with van der Waals surface area (Å²) in [5, 5.41) is 0. The number of ketones is 2. The molecule has 8 heteroatoms. The number of carbonyl (C=O) groups excluding carboxylic acids is 6. The van der Waals surface area contributed by atoms with E-state index in [9.17, 15) is 28.8 Å². The van der Waals surface area contributed by atoms with Crippen molar-refractivity contribution in [3.63, 3.8) is 0 Å². The Morgan fingerprint density at radius 3 is 1.33 bits per heavy atom. The van der Waals surface area contributed by atoms with Gasteiger partial charge in [-0.25, -0.2) is 9.59 Å². The minimum atomic E-state index is -1.16. The molecule has 0 spiro atoms. The number of rotatable bonds is 6. The van der Waals surface area contributed by atoms with Crippen LogP contribution >= 0.6 is 0 Å². The van der Waals surface area contributed by atoms with E-state index < -0.39 is 48.3 Å². The third-order valence-electron chi connectivity index (χ3n) is 2.57. The maximum absolute atomic E-state index is 11.9. The van der Waals surface area contributed by atoms with Crippen molar-refractivity contribution in [3.8, 4) is 0 Å². The molecule has 126 valence electrons. The quantitative estimate of drug-likeness (QED) is 0.558. The van der Waals surface area contributed by atoms with Gasteiger partial charge in [-0.1, -0.05) is 12.1 Å². The zero-order chi connectivity index (χ0) is 18.3. The molecule has 0 fully saturated rings. The summed E-state index contributed by atoms with van der Waals surface area (Å²) < 4.78 is 8.92. The normalized spacial score (nSPS) is 9.75. The standard InChI is InChI=1S/C16H14O8/c1-9(17)7-13(19)23-15(21)11-5-3-4-6-12(11)16(22)24-14(20)8-10(2)18/h3-6H,7-8H2,1-2H3. The molecule has 0 radical (unpaired) electrons. The highest BCUT2D eigenvalue weighted by Gasteiger charge is 2.23. The largest absolute Gasteiger partial charge is 0.389 e. The van der Waals surface area contributed by atoms with Crippen LogP contribution in [0.1, 0.15) is 47.4 Å². The van der Waals surface area contributed by atoms with E-state index in [4.69, 9.17) is 0 Å². The van der Waals surface area contributed by atoms with E-state index in [1.807, 2.05) is 0 Å². The Morgan fingerprint density at radius 2 is 1.04 bits per heavy atom. The van der Waals surface area contributed by atoms with Crippen molar-refractivity contribution in [2.24, 2.45) is 0 Å². The minimum Gasteiger partial charge on any atom is -0.389 e. The molecular formula is C16H14O8. The number of hydrogen-bond donors (Lipinski definition) is 0. The van der Waals surface area contributed by atoms with Gasteiger partial charge in [-0.05, 0) is 26.0 Å². The van der Waals surface area contributed by atoms with Crippen LogP contribution in [-0.4, -0.2) is 35.4 Å². The predicted octanol–water partition coefficient (Wildman–Crippen LogP) is 1.01. The highest BCUT2D eigenvalue weighted by molar-refractivity contribution is 6.10. The Hall–Kier alpha value is -3.16. The smallest absolute Gasteiger partial charge is 0.346 e. The molecule has 1 aromatic carbocycles. The van der Waals surface area contributed by atoms with Gasteiger partial charge in [0, 0.05) is 0 Å². The van der Waals surface area contributed by atoms with Crippen molar-refractivity contribution in [1.82, 2.24) is 0 Å². The summed E-state index contributed by atoms with van der Waals surface area (Å²) >= 11 is 0. The maximum Gasteiger partial charge on any atom is 0.346 e. The molecule has 0 aromatic heterocycles. The first-order valence-electron chi connectivity index (χ1n) is 6.78. The number of hydrogen-bond acceptors (Lipinski definition) is 8. The molecule has 0 aliphatic heterocycles. The molecule has 0 saturated carbocycles. The van der Waals surface area contributed by atoms with Crippen molar-refractivity contribution in [1.29, 1.82) is 0 Å². The lowest BCUT2D eigenvalue weighted by Gasteiger charge is -2.07. The van der Waals surface area contributed by atoms with Crippen LogP contribution in [0.4, 0.5) is 0 Å². The van der Waals surface area contributed by atoms with Gasteiger partial charge in [0.2, 0.25) is 0 Å². The van der Waals surface area contributed by atoms with E-state index in [1.54, 1.807) is 0 Å². The second kappa shape index (κ2) is 8.47. The molecule has 0 saturated heterocycles. The molecule has 1 aromatic rings. The molecule has 0 aliphatic rings. The van der Waals surface area contributed by atoms with Crippen LogP contribution in [0.3, 0.4) is 0 Å². The topological polar surface area (TPSA) is 121 Å². The second-order valence-electron chi connectivity index (χ2n) is 4.83. The van der Waals surface area contributed by atoms with Gasteiger partial charge in [-0.15, -0.1) is 0 Å². The molecule has 0 heterocycles. The van der Waals surface area contributed by atoms with Gasteiger partial charge in [0.15, 0.2) is 0 Å². The summed E-state index contributed by atoms with van der Waals surface area (Å²) in [5.74, 6) is -5.43. The number of Topliss-reactive ketones (excluding diaryl/α,β-unsaturated/α-hetero) is 2. The first-order valence-corrected chi connectivity index (χ1v) is 6.78. The SMILES string of the molecule is CC(=O)CC(=O)OC(=O)c1ccccc1C(=O)OC(=O)CC(C)=O. The molecule has 0 atom stereocenters. The highest BCUT2D eigenvalue weighted by Crippen LogP contribution is 2.13. The Kier molecular flexibility index (Phi) is 6.66. The molecule has 24 heavy (non-hydrogen) atoms. The van der Waals surface area contributed by atoms with Crippen LogP contribution in [0.25, 0.3) is 0 Å². The molecule has 0 aliphatic carbocycles. The van der Waals surface area contributed by atoms with E-state index in [2.05, 4.69) is 9.47 Å². The lowest BCUT2D eigenvalue weighted by Crippen LogP contribution is -2.20. The summed E-state index contributed by atoms with van der Waals surface area (Å²) in [5.41, 5.74) is -0.620. The number of ether oxygens (including phenoxy) is 2.